The fraction of sp³-hybridized carbons (Fsp3) is 0.571. The number of hydrogen-bond donors (Lipinski definition) is 1. The Morgan fingerprint density at radius 2 is 1.97 bits per heavy atom. The first-order chi connectivity index (χ1) is 15.1. The average Bonchev–Trinajstić information content (AvgIpc) is 3.23. The summed E-state index contributed by atoms with van der Waals surface area (Å²) >= 11 is 0. The van der Waals surface area contributed by atoms with Gasteiger partial charge in [-0.15, -0.1) is 0 Å². The van der Waals surface area contributed by atoms with Gasteiger partial charge in [-0.05, 0) is 37.5 Å². The second-order valence-electron chi connectivity index (χ2n) is 8.45. The summed E-state index contributed by atoms with van der Waals surface area (Å²) in [6.07, 6.45) is 1.00. The normalized spacial score (nSPS) is 26.2. The number of rotatable bonds is 6. The van der Waals surface area contributed by atoms with Crippen LogP contribution in [0, 0.1) is 0 Å². The Morgan fingerprint density at radius 3 is 2.62 bits per heavy atom. The first-order valence-electron chi connectivity index (χ1n) is 10.7. The van der Waals surface area contributed by atoms with Crippen molar-refractivity contribution < 1.29 is 32.3 Å². The lowest BCUT2D eigenvalue weighted by atomic mass is 9.91. The molecule has 2 atom stereocenters. The molecule has 0 saturated carbocycles. The molecule has 3 aliphatic rings. The number of nitrogens with zero attached hydrogens (tertiary/aromatic N) is 2. The number of nitrogens with one attached hydrogen (secondary N) is 1. The van der Waals surface area contributed by atoms with Crippen LogP contribution in [-0.2, 0) is 25.0 Å². The average molecular weight is 466 g/mol. The molecule has 0 aliphatic carbocycles. The van der Waals surface area contributed by atoms with Crippen LogP contribution in [0.4, 0.5) is 4.79 Å². The van der Waals surface area contributed by atoms with Gasteiger partial charge in [0.2, 0.25) is 5.91 Å². The van der Waals surface area contributed by atoms with E-state index in [1.807, 2.05) is 6.92 Å². The van der Waals surface area contributed by atoms with Gasteiger partial charge in [0.15, 0.2) is 21.3 Å². The minimum Gasteiger partial charge on any atom is -0.486 e. The molecular formula is C21H27N3O7S. The number of urea groups is 1. The second kappa shape index (κ2) is 8.27. The van der Waals surface area contributed by atoms with Crippen LogP contribution in [0.25, 0.3) is 0 Å². The molecule has 3 heterocycles. The number of imide groups is 1. The molecule has 4 amide bonds. The highest BCUT2D eigenvalue weighted by atomic mass is 32.2. The first kappa shape index (κ1) is 22.4. The lowest BCUT2D eigenvalue weighted by Gasteiger charge is -2.29. The van der Waals surface area contributed by atoms with Crippen LogP contribution in [0.3, 0.4) is 0 Å². The molecule has 1 aromatic rings. The van der Waals surface area contributed by atoms with E-state index in [0.717, 1.165) is 4.90 Å². The zero-order valence-corrected chi connectivity index (χ0v) is 18.9. The third-order valence-corrected chi connectivity index (χ3v) is 7.87. The maximum Gasteiger partial charge on any atom is 0.325 e. The highest BCUT2D eigenvalue weighted by molar-refractivity contribution is 7.91. The van der Waals surface area contributed by atoms with E-state index in [0.29, 0.717) is 49.7 Å². The molecule has 11 heteroatoms. The maximum atomic E-state index is 13.3. The fourth-order valence-electron chi connectivity index (χ4n) is 4.39. The highest BCUT2D eigenvalue weighted by Crippen LogP contribution is 2.37. The van der Waals surface area contributed by atoms with Crippen LogP contribution >= 0.6 is 0 Å². The smallest absolute Gasteiger partial charge is 0.325 e. The molecule has 0 bridgehead atoms. The first-order valence-corrected chi connectivity index (χ1v) is 12.5. The second-order valence-corrected chi connectivity index (χ2v) is 10.7. The predicted octanol–water partition coefficient (Wildman–Crippen LogP) is 0.651. The SMILES string of the molecule is CCCN(C(=O)CN1C(=O)NC(C)(c2ccc3c(c2)OCCO3)C1=O)C1CCS(=O)(=O)C1. The van der Waals surface area contributed by atoms with Crippen LogP contribution in [0.1, 0.15) is 32.3 Å². The van der Waals surface area contributed by atoms with Crippen molar-refractivity contribution in [2.75, 3.05) is 37.8 Å². The Hall–Kier alpha value is -2.82. The van der Waals surface area contributed by atoms with Crippen LogP contribution < -0.4 is 14.8 Å². The Balaban J connectivity index is 1.52. The number of carbonyl (C=O) groups excluding carboxylic acids is 3. The van der Waals surface area contributed by atoms with Crippen LogP contribution in [-0.4, -0.2) is 79.9 Å². The quantitative estimate of drug-likeness (QED) is 0.612. The van der Waals surface area contributed by atoms with Crippen molar-refractivity contribution in [2.24, 2.45) is 0 Å². The Labute approximate surface area is 186 Å². The summed E-state index contributed by atoms with van der Waals surface area (Å²) in [5.41, 5.74) is -0.846. The minimum atomic E-state index is -3.18. The van der Waals surface area contributed by atoms with Crippen molar-refractivity contribution in [3.05, 3.63) is 23.8 Å². The van der Waals surface area contributed by atoms with Crippen LogP contribution in [0.15, 0.2) is 18.2 Å². The molecule has 0 radical (unpaired) electrons. The van der Waals surface area contributed by atoms with Crippen molar-refractivity contribution in [1.82, 2.24) is 15.1 Å². The number of carbonyl (C=O) groups is 3. The van der Waals surface area contributed by atoms with Gasteiger partial charge in [-0.3, -0.25) is 14.5 Å². The van der Waals surface area contributed by atoms with Gasteiger partial charge in [-0.1, -0.05) is 13.0 Å². The van der Waals surface area contributed by atoms with E-state index in [1.54, 1.807) is 25.1 Å². The number of sulfone groups is 1. The van der Waals surface area contributed by atoms with Crippen LogP contribution in [0.5, 0.6) is 11.5 Å². The predicted molar refractivity (Wildman–Crippen MR) is 114 cm³/mol. The van der Waals surface area contributed by atoms with Gasteiger partial charge in [0, 0.05) is 12.6 Å². The lowest BCUT2D eigenvalue weighted by molar-refractivity contribution is -0.140. The molecule has 10 nitrogen and oxygen atoms in total. The lowest BCUT2D eigenvalue weighted by Crippen LogP contribution is -2.48. The Kier molecular flexibility index (Phi) is 5.78. The van der Waals surface area contributed by atoms with E-state index in [2.05, 4.69) is 5.32 Å². The van der Waals surface area contributed by atoms with E-state index in [-0.39, 0.29) is 11.5 Å². The molecule has 0 aromatic heterocycles. The zero-order valence-electron chi connectivity index (χ0n) is 18.1. The van der Waals surface area contributed by atoms with Crippen molar-refractivity contribution in [2.45, 2.75) is 38.3 Å². The maximum absolute atomic E-state index is 13.3. The number of fused-ring (bicyclic) bond motifs is 1. The standard InChI is InChI=1S/C21H27N3O7S/c1-3-7-23(15-6-10-32(28,29)13-15)18(25)12-24-19(26)21(2,22-20(24)27)14-4-5-16-17(11-14)31-9-8-30-16/h4-5,11,15H,3,6-10,12-13H2,1-2H3,(H,22,27). The molecule has 1 N–H and O–H groups in total. The van der Waals surface area contributed by atoms with E-state index in [1.165, 1.54) is 4.90 Å². The summed E-state index contributed by atoms with van der Waals surface area (Å²) in [6, 6.07) is 3.93. The summed E-state index contributed by atoms with van der Waals surface area (Å²) in [5.74, 6) is 0.00807. The van der Waals surface area contributed by atoms with Gasteiger partial charge in [0.05, 0.1) is 11.5 Å². The van der Waals surface area contributed by atoms with Gasteiger partial charge in [0.25, 0.3) is 5.91 Å². The monoisotopic (exact) mass is 465 g/mol. The number of ether oxygens (including phenoxy) is 2. The van der Waals surface area contributed by atoms with Gasteiger partial charge in [-0.2, -0.15) is 0 Å². The topological polar surface area (TPSA) is 122 Å². The highest BCUT2D eigenvalue weighted by Gasteiger charge is 2.50. The van der Waals surface area contributed by atoms with Crippen molar-refractivity contribution in [3.8, 4) is 11.5 Å². The third kappa shape index (κ3) is 4.01. The molecule has 0 spiro atoms. The Morgan fingerprint density at radius 1 is 1.25 bits per heavy atom. The summed E-state index contributed by atoms with van der Waals surface area (Å²) in [4.78, 5) is 41.3. The molecule has 32 heavy (non-hydrogen) atoms. The van der Waals surface area contributed by atoms with Crippen molar-refractivity contribution >= 4 is 27.7 Å². The van der Waals surface area contributed by atoms with E-state index in [9.17, 15) is 22.8 Å². The van der Waals surface area contributed by atoms with Crippen molar-refractivity contribution in [3.63, 3.8) is 0 Å². The number of hydrogen-bond acceptors (Lipinski definition) is 7. The van der Waals surface area contributed by atoms with Crippen LogP contribution in [0.2, 0.25) is 0 Å². The minimum absolute atomic E-state index is 0.0382. The molecular weight excluding hydrogens is 438 g/mol. The number of benzene rings is 1. The molecule has 2 unspecified atom stereocenters. The fourth-order valence-corrected chi connectivity index (χ4v) is 6.12. The molecule has 2 fully saturated rings. The summed E-state index contributed by atoms with van der Waals surface area (Å²) in [7, 11) is -3.18. The zero-order chi connectivity index (χ0) is 23.1. The summed E-state index contributed by atoms with van der Waals surface area (Å²) in [6.45, 7) is 4.21. The third-order valence-electron chi connectivity index (χ3n) is 6.12. The van der Waals surface area contributed by atoms with Gasteiger partial charge in [-0.25, -0.2) is 13.2 Å². The summed E-state index contributed by atoms with van der Waals surface area (Å²) in [5, 5.41) is 2.69. The molecule has 1 aromatic carbocycles. The van der Waals surface area contributed by atoms with Gasteiger partial charge in [0.1, 0.15) is 25.3 Å². The molecule has 2 saturated heterocycles. The molecule has 3 aliphatic heterocycles. The largest absolute Gasteiger partial charge is 0.486 e. The molecule has 174 valence electrons. The van der Waals surface area contributed by atoms with Crippen molar-refractivity contribution in [1.29, 1.82) is 0 Å². The van der Waals surface area contributed by atoms with E-state index >= 15 is 0 Å². The van der Waals surface area contributed by atoms with Gasteiger partial charge < -0.3 is 19.7 Å². The number of amides is 4. The molecule has 4 rings (SSSR count). The van der Waals surface area contributed by atoms with E-state index in [4.69, 9.17) is 9.47 Å². The summed E-state index contributed by atoms with van der Waals surface area (Å²) < 4.78 is 34.8. The Bertz CT molecular complexity index is 1060. The van der Waals surface area contributed by atoms with E-state index < -0.39 is 45.8 Å². The van der Waals surface area contributed by atoms with Gasteiger partial charge >= 0.3 is 6.03 Å².